The van der Waals surface area contributed by atoms with Crippen LogP contribution in [0.1, 0.15) is 25.6 Å². The minimum Gasteiger partial charge on any atom is -0.328 e. The molecule has 0 saturated carbocycles. The van der Waals surface area contributed by atoms with E-state index in [9.17, 15) is 4.39 Å². The fraction of sp³-hybridized carbons (Fsp3) is 0.562. The molecule has 2 unspecified atom stereocenters. The fourth-order valence-electron chi connectivity index (χ4n) is 3.16. The van der Waals surface area contributed by atoms with Gasteiger partial charge in [0, 0.05) is 25.4 Å². The number of aryl methyl sites for hydroxylation is 1. The highest BCUT2D eigenvalue weighted by atomic mass is 19.1. The largest absolute Gasteiger partial charge is 0.328 e. The van der Waals surface area contributed by atoms with Crippen LogP contribution in [0.5, 0.6) is 0 Å². The molecule has 20 heavy (non-hydrogen) atoms. The number of nitrogens with zero attached hydrogens (tertiary/aromatic N) is 2. The van der Waals surface area contributed by atoms with Gasteiger partial charge in [-0.2, -0.15) is 0 Å². The number of hydrogen-bond donors (Lipinski definition) is 1. The van der Waals surface area contributed by atoms with E-state index in [0.29, 0.717) is 6.42 Å². The molecule has 3 rings (SSSR count). The van der Waals surface area contributed by atoms with Crippen molar-refractivity contribution in [1.82, 2.24) is 14.9 Å². The quantitative estimate of drug-likeness (QED) is 0.929. The summed E-state index contributed by atoms with van der Waals surface area (Å²) in [5, 5.41) is 3.29. The summed E-state index contributed by atoms with van der Waals surface area (Å²) in [6, 6.07) is 8.06. The number of alkyl halides is 1. The summed E-state index contributed by atoms with van der Waals surface area (Å²) in [5.74, 6) is 1.01. The van der Waals surface area contributed by atoms with E-state index in [4.69, 9.17) is 0 Å². The molecule has 1 aromatic heterocycles. The molecule has 108 valence electrons. The molecule has 0 spiro atoms. The Bertz CT molecular complexity index is 572. The molecule has 3 nitrogen and oxygen atoms in total. The van der Waals surface area contributed by atoms with Crippen molar-refractivity contribution in [3.63, 3.8) is 0 Å². The summed E-state index contributed by atoms with van der Waals surface area (Å²) in [4.78, 5) is 4.62. The van der Waals surface area contributed by atoms with Crippen LogP contribution < -0.4 is 5.32 Å². The monoisotopic (exact) mass is 275 g/mol. The Kier molecular flexibility index (Phi) is 4.01. The van der Waals surface area contributed by atoms with Gasteiger partial charge in [0.15, 0.2) is 0 Å². The van der Waals surface area contributed by atoms with Crippen LogP contribution in [0, 0.1) is 5.92 Å². The summed E-state index contributed by atoms with van der Waals surface area (Å²) in [6.45, 7) is 4.75. The molecule has 0 amide bonds. The van der Waals surface area contributed by atoms with Gasteiger partial charge in [-0.15, -0.1) is 0 Å². The lowest BCUT2D eigenvalue weighted by Gasteiger charge is -2.25. The smallest absolute Gasteiger partial charge is 0.112 e. The van der Waals surface area contributed by atoms with Crippen LogP contribution in [0.4, 0.5) is 4.39 Å². The molecule has 1 N–H and O–H groups in total. The van der Waals surface area contributed by atoms with Crippen LogP contribution in [0.2, 0.25) is 0 Å². The summed E-state index contributed by atoms with van der Waals surface area (Å²) < 4.78 is 16.7. The summed E-state index contributed by atoms with van der Waals surface area (Å²) in [6.07, 6.45) is 1.69. The normalized spacial score (nSPS) is 21.2. The zero-order valence-electron chi connectivity index (χ0n) is 12.0. The minimum atomic E-state index is -0.801. The second-order valence-corrected chi connectivity index (χ2v) is 5.59. The van der Waals surface area contributed by atoms with Crippen molar-refractivity contribution in [2.45, 2.75) is 38.9 Å². The Morgan fingerprint density at radius 3 is 3.05 bits per heavy atom. The molecule has 1 aliphatic heterocycles. The summed E-state index contributed by atoms with van der Waals surface area (Å²) in [7, 11) is 0. The number of fused-ring (bicyclic) bond motifs is 1. The zero-order valence-corrected chi connectivity index (χ0v) is 12.0. The molecule has 2 aromatic rings. The van der Waals surface area contributed by atoms with E-state index in [1.54, 1.807) is 0 Å². The van der Waals surface area contributed by atoms with Gasteiger partial charge in [0.05, 0.1) is 11.0 Å². The molecule has 0 bridgehead atoms. The van der Waals surface area contributed by atoms with Crippen molar-refractivity contribution in [1.29, 1.82) is 0 Å². The third-order valence-electron chi connectivity index (χ3n) is 4.27. The lowest BCUT2D eigenvalue weighted by molar-refractivity contribution is 0.188. The Morgan fingerprint density at radius 1 is 1.45 bits per heavy atom. The average Bonchev–Trinajstić information content (AvgIpc) is 2.85. The number of aromatic nitrogens is 2. The molecule has 0 aliphatic carbocycles. The number of para-hydroxylation sites is 2. The molecule has 4 heteroatoms. The van der Waals surface area contributed by atoms with E-state index in [-0.39, 0.29) is 5.92 Å². The maximum atomic E-state index is 14.5. The lowest BCUT2D eigenvalue weighted by Crippen LogP contribution is -2.36. The molecule has 1 aromatic carbocycles. The summed E-state index contributed by atoms with van der Waals surface area (Å²) >= 11 is 0. The van der Waals surface area contributed by atoms with Crippen molar-refractivity contribution in [2.24, 2.45) is 5.92 Å². The first-order chi connectivity index (χ1) is 9.79. The Morgan fingerprint density at radius 2 is 2.30 bits per heavy atom. The van der Waals surface area contributed by atoms with E-state index >= 15 is 0 Å². The van der Waals surface area contributed by atoms with E-state index in [1.807, 2.05) is 18.2 Å². The van der Waals surface area contributed by atoms with Crippen molar-refractivity contribution < 1.29 is 4.39 Å². The molecule has 2 atom stereocenters. The predicted octanol–water partition coefficient (Wildman–Crippen LogP) is 2.94. The van der Waals surface area contributed by atoms with Gasteiger partial charge in [-0.25, -0.2) is 9.37 Å². The van der Waals surface area contributed by atoms with Crippen molar-refractivity contribution >= 4 is 11.0 Å². The third kappa shape index (κ3) is 2.57. The topological polar surface area (TPSA) is 29.9 Å². The van der Waals surface area contributed by atoms with Gasteiger partial charge >= 0.3 is 0 Å². The molecule has 1 aliphatic rings. The number of rotatable bonds is 4. The molecule has 1 saturated heterocycles. The lowest BCUT2D eigenvalue weighted by atomic mass is 9.93. The number of halogens is 1. The average molecular weight is 275 g/mol. The number of imidazole rings is 1. The first kappa shape index (κ1) is 13.6. The van der Waals surface area contributed by atoms with Crippen molar-refractivity contribution in [3.05, 3.63) is 30.1 Å². The second kappa shape index (κ2) is 5.92. The highest BCUT2D eigenvalue weighted by molar-refractivity contribution is 5.75. The molecular weight excluding hydrogens is 253 g/mol. The van der Waals surface area contributed by atoms with Crippen molar-refractivity contribution in [2.75, 3.05) is 13.1 Å². The Hall–Kier alpha value is -1.42. The van der Waals surface area contributed by atoms with E-state index in [0.717, 1.165) is 49.3 Å². The van der Waals surface area contributed by atoms with Gasteiger partial charge in [-0.1, -0.05) is 12.1 Å². The number of hydrogen-bond acceptors (Lipinski definition) is 2. The van der Waals surface area contributed by atoms with Gasteiger partial charge < -0.3 is 9.88 Å². The molecule has 1 fully saturated rings. The third-order valence-corrected chi connectivity index (χ3v) is 4.27. The maximum Gasteiger partial charge on any atom is 0.112 e. The number of piperidine rings is 1. The highest BCUT2D eigenvalue weighted by Crippen LogP contribution is 2.23. The molecular formula is C16H22FN3. The highest BCUT2D eigenvalue weighted by Gasteiger charge is 2.25. The second-order valence-electron chi connectivity index (χ2n) is 5.59. The van der Waals surface area contributed by atoms with Crippen molar-refractivity contribution in [3.8, 4) is 0 Å². The Balaban J connectivity index is 1.82. The number of nitrogens with one attached hydrogen (secondary N) is 1. The van der Waals surface area contributed by atoms with Gasteiger partial charge in [-0.05, 0) is 38.4 Å². The first-order valence-electron chi connectivity index (χ1n) is 7.58. The van der Waals surface area contributed by atoms with Crippen LogP contribution in [-0.4, -0.2) is 28.8 Å². The fourth-order valence-corrected chi connectivity index (χ4v) is 3.16. The maximum absolute atomic E-state index is 14.5. The predicted molar refractivity (Wildman–Crippen MR) is 79.6 cm³/mol. The van der Waals surface area contributed by atoms with Gasteiger partial charge in [-0.3, -0.25) is 0 Å². The van der Waals surface area contributed by atoms with Crippen LogP contribution in [-0.2, 0) is 13.0 Å². The van der Waals surface area contributed by atoms with Crippen LogP contribution in [0.3, 0.4) is 0 Å². The van der Waals surface area contributed by atoms with Gasteiger partial charge in [0.2, 0.25) is 0 Å². The van der Waals surface area contributed by atoms with E-state index in [1.165, 1.54) is 0 Å². The zero-order chi connectivity index (χ0) is 13.9. The van der Waals surface area contributed by atoms with Crippen LogP contribution >= 0.6 is 0 Å². The summed E-state index contributed by atoms with van der Waals surface area (Å²) in [5.41, 5.74) is 2.08. The molecule has 0 radical (unpaired) electrons. The minimum absolute atomic E-state index is 0.133. The van der Waals surface area contributed by atoms with E-state index in [2.05, 4.69) is 27.9 Å². The molecule has 2 heterocycles. The van der Waals surface area contributed by atoms with Gasteiger partial charge in [0.1, 0.15) is 12.0 Å². The van der Waals surface area contributed by atoms with Crippen LogP contribution in [0.15, 0.2) is 24.3 Å². The van der Waals surface area contributed by atoms with Gasteiger partial charge in [0.25, 0.3) is 0 Å². The van der Waals surface area contributed by atoms with E-state index < -0.39 is 6.17 Å². The first-order valence-corrected chi connectivity index (χ1v) is 7.58. The van der Waals surface area contributed by atoms with Crippen LogP contribution in [0.25, 0.3) is 11.0 Å². The standard InChI is InChI=1S/C16H22FN3/c1-2-20-15-8-4-3-7-14(15)19-16(20)10-13(17)12-6-5-9-18-11-12/h3-4,7-8,12-13,18H,2,5-6,9-11H2,1H3. The number of benzene rings is 1. The Labute approximate surface area is 119 Å². The SMILES string of the molecule is CCn1c(CC(F)C2CCCNC2)nc2ccccc21.